The van der Waals surface area contributed by atoms with E-state index in [9.17, 15) is 21.9 Å². The highest BCUT2D eigenvalue weighted by molar-refractivity contribution is 7.89. The van der Waals surface area contributed by atoms with Crippen LogP contribution in [0.15, 0.2) is 46.7 Å². The van der Waals surface area contributed by atoms with E-state index in [4.69, 9.17) is 4.74 Å². The van der Waals surface area contributed by atoms with Gasteiger partial charge in [0.05, 0.1) is 19.5 Å². The normalized spacial score (nSPS) is 23.4. The number of aromatic nitrogens is 2. The van der Waals surface area contributed by atoms with Crippen LogP contribution in [0.1, 0.15) is 38.7 Å². The largest absolute Gasteiger partial charge is 0.487 e. The fraction of sp³-hybridized carbons (Fsp3) is 0.542. The van der Waals surface area contributed by atoms with Crippen LogP contribution in [0.2, 0.25) is 0 Å². The number of fused-ring (bicyclic) bond motifs is 1. The molecule has 0 bridgehead atoms. The maximum Gasteiger partial charge on any atom is 0.261 e. The summed E-state index contributed by atoms with van der Waals surface area (Å²) in [4.78, 5) is 3.99. The first kappa shape index (κ1) is 26.8. The van der Waals surface area contributed by atoms with E-state index < -0.39 is 32.2 Å². The Morgan fingerprint density at radius 2 is 2.08 bits per heavy atom. The summed E-state index contributed by atoms with van der Waals surface area (Å²) in [7, 11) is -4.69. The van der Waals surface area contributed by atoms with Gasteiger partial charge in [0.1, 0.15) is 16.7 Å². The number of benzene rings is 1. The Morgan fingerprint density at radius 1 is 1.33 bits per heavy atom. The second-order valence-electron chi connectivity index (χ2n) is 9.69. The van der Waals surface area contributed by atoms with Crippen molar-refractivity contribution < 1.29 is 26.7 Å². The predicted molar refractivity (Wildman–Crippen MR) is 135 cm³/mol. The molecule has 0 unspecified atom stereocenters. The molecule has 3 atom stereocenters. The number of rotatable bonds is 7. The zero-order chi connectivity index (χ0) is 26.3. The third kappa shape index (κ3) is 5.10. The number of sulfonamides is 2. The highest BCUT2D eigenvalue weighted by atomic mass is 32.2. The topological polar surface area (TPSA) is 122 Å². The van der Waals surface area contributed by atoms with Crippen molar-refractivity contribution in [3.05, 3.63) is 42.4 Å². The molecular weight excluding hydrogens is 504 g/mol. The quantitative estimate of drug-likeness (QED) is 0.573. The number of hydrogen-bond donors (Lipinski definition) is 1. The number of aliphatic hydroxyl groups is 1. The fourth-order valence-electron chi connectivity index (χ4n) is 4.61. The number of nitrogens with zero attached hydrogens (tertiary/aromatic N) is 4. The van der Waals surface area contributed by atoms with Crippen molar-refractivity contribution in [3.8, 4) is 5.75 Å². The third-order valence-corrected chi connectivity index (χ3v) is 10.6. The standard InChI is InChI=1S/C24H34N4O6S2/c1-17-12-28(18(2)15-29)35(30,31)23-10-9-20(19-7-5-6-8-19)11-21(23)34-22(17)13-27(4)36(32,33)24-14-26(3)16-25-24/h7,9-11,14,16-18,22,29H,5-6,8,12-13,15H2,1-4H3/t17-,18+,22+/m1/s1. The molecule has 1 aliphatic heterocycles. The van der Waals surface area contributed by atoms with Gasteiger partial charge in [0, 0.05) is 38.8 Å². The molecule has 0 saturated carbocycles. The van der Waals surface area contributed by atoms with E-state index >= 15 is 0 Å². The summed E-state index contributed by atoms with van der Waals surface area (Å²) in [5.41, 5.74) is 2.03. The van der Waals surface area contributed by atoms with E-state index in [1.807, 2.05) is 6.92 Å². The Hall–Kier alpha value is -2.25. The Bertz CT molecular complexity index is 1350. The Labute approximate surface area is 213 Å². The number of ether oxygens (including phenoxy) is 1. The Morgan fingerprint density at radius 3 is 2.69 bits per heavy atom. The molecule has 1 aliphatic carbocycles. The lowest BCUT2D eigenvalue weighted by molar-refractivity contribution is 0.0904. The van der Waals surface area contributed by atoms with Crippen molar-refractivity contribution in [3.63, 3.8) is 0 Å². The summed E-state index contributed by atoms with van der Waals surface area (Å²) in [6.45, 7) is 3.20. The SMILES string of the molecule is C[C@@H]1CN([C@@H](C)CO)S(=O)(=O)c2ccc(C3=CCCC3)cc2O[C@H]1CN(C)S(=O)(=O)c1cn(C)cn1. The summed E-state index contributed by atoms with van der Waals surface area (Å²) < 4.78 is 63.9. The molecule has 198 valence electrons. The van der Waals surface area contributed by atoms with Gasteiger partial charge in [-0.25, -0.2) is 21.8 Å². The van der Waals surface area contributed by atoms with Crippen LogP contribution in [0.5, 0.6) is 5.75 Å². The number of allylic oxidation sites excluding steroid dienone is 2. The average Bonchev–Trinajstić information content (AvgIpc) is 3.53. The van der Waals surface area contributed by atoms with Crippen LogP contribution >= 0.6 is 0 Å². The van der Waals surface area contributed by atoms with E-state index in [-0.39, 0.29) is 41.3 Å². The van der Waals surface area contributed by atoms with E-state index in [2.05, 4.69) is 11.1 Å². The van der Waals surface area contributed by atoms with Crippen LogP contribution in [0, 0.1) is 5.92 Å². The van der Waals surface area contributed by atoms with Crippen molar-refractivity contribution >= 4 is 25.6 Å². The van der Waals surface area contributed by atoms with Crippen LogP contribution in [0.3, 0.4) is 0 Å². The number of likely N-dealkylation sites (N-methyl/N-ethyl adjacent to an activating group) is 1. The number of imidazole rings is 1. The summed E-state index contributed by atoms with van der Waals surface area (Å²) in [5.74, 6) is -0.187. The second kappa shape index (κ2) is 10.3. The van der Waals surface area contributed by atoms with Crippen LogP contribution in [-0.4, -0.2) is 79.0 Å². The summed E-state index contributed by atoms with van der Waals surface area (Å²) >= 11 is 0. The molecule has 0 spiro atoms. The highest BCUT2D eigenvalue weighted by Crippen LogP contribution is 2.37. The lowest BCUT2D eigenvalue weighted by Gasteiger charge is -2.37. The second-order valence-corrected chi connectivity index (χ2v) is 13.5. The van der Waals surface area contributed by atoms with Crippen molar-refractivity contribution in [1.29, 1.82) is 0 Å². The third-order valence-electron chi connectivity index (χ3n) is 6.87. The molecule has 10 nitrogen and oxygen atoms in total. The van der Waals surface area contributed by atoms with Crippen molar-refractivity contribution in [2.45, 2.75) is 55.2 Å². The summed E-state index contributed by atoms with van der Waals surface area (Å²) in [6, 6.07) is 4.43. The molecule has 4 rings (SSSR count). The summed E-state index contributed by atoms with van der Waals surface area (Å²) in [6.07, 6.45) is 7.28. The van der Waals surface area contributed by atoms with Gasteiger partial charge in [-0.15, -0.1) is 0 Å². The molecule has 2 aliphatic rings. The fourth-order valence-corrected chi connectivity index (χ4v) is 7.58. The van der Waals surface area contributed by atoms with Crippen LogP contribution in [0.4, 0.5) is 0 Å². The van der Waals surface area contributed by atoms with E-state index in [0.29, 0.717) is 0 Å². The molecule has 0 radical (unpaired) electrons. The predicted octanol–water partition coefficient (Wildman–Crippen LogP) is 2.08. The van der Waals surface area contributed by atoms with Crippen LogP contribution < -0.4 is 4.74 Å². The van der Waals surface area contributed by atoms with Gasteiger partial charge in [-0.1, -0.05) is 19.1 Å². The molecule has 0 fully saturated rings. The number of hydrogen-bond acceptors (Lipinski definition) is 7. The van der Waals surface area contributed by atoms with E-state index in [1.165, 1.54) is 28.2 Å². The zero-order valence-corrected chi connectivity index (χ0v) is 22.7. The van der Waals surface area contributed by atoms with Gasteiger partial charge in [-0.3, -0.25) is 0 Å². The molecular formula is C24H34N4O6S2. The van der Waals surface area contributed by atoms with Crippen molar-refractivity contribution in [2.75, 3.05) is 26.7 Å². The molecule has 0 saturated heterocycles. The Kier molecular flexibility index (Phi) is 7.63. The van der Waals surface area contributed by atoms with Gasteiger partial charge < -0.3 is 14.4 Å². The molecule has 12 heteroatoms. The molecule has 36 heavy (non-hydrogen) atoms. The van der Waals surface area contributed by atoms with E-state index in [1.54, 1.807) is 36.7 Å². The number of aliphatic hydroxyl groups excluding tert-OH is 1. The molecule has 2 heterocycles. The lowest BCUT2D eigenvalue weighted by Crippen LogP contribution is -2.50. The smallest absolute Gasteiger partial charge is 0.261 e. The number of aryl methyl sites for hydroxylation is 1. The first-order valence-electron chi connectivity index (χ1n) is 12.0. The first-order valence-corrected chi connectivity index (χ1v) is 14.9. The average molecular weight is 539 g/mol. The molecule has 1 N–H and O–H groups in total. The molecule has 0 amide bonds. The van der Waals surface area contributed by atoms with Crippen LogP contribution in [0.25, 0.3) is 5.57 Å². The van der Waals surface area contributed by atoms with Crippen molar-refractivity contribution in [1.82, 2.24) is 18.2 Å². The maximum atomic E-state index is 13.6. The van der Waals surface area contributed by atoms with Crippen LogP contribution in [-0.2, 0) is 27.1 Å². The highest BCUT2D eigenvalue weighted by Gasteiger charge is 2.39. The minimum Gasteiger partial charge on any atom is -0.487 e. The Balaban J connectivity index is 1.74. The molecule has 2 aromatic rings. The van der Waals surface area contributed by atoms with Gasteiger partial charge in [0.15, 0.2) is 5.03 Å². The van der Waals surface area contributed by atoms with Gasteiger partial charge in [0.25, 0.3) is 10.0 Å². The monoisotopic (exact) mass is 538 g/mol. The maximum absolute atomic E-state index is 13.6. The summed E-state index contributed by atoms with van der Waals surface area (Å²) in [5, 5.41) is 9.74. The lowest BCUT2D eigenvalue weighted by atomic mass is 10.0. The zero-order valence-electron chi connectivity index (χ0n) is 21.0. The van der Waals surface area contributed by atoms with Gasteiger partial charge in [-0.2, -0.15) is 8.61 Å². The van der Waals surface area contributed by atoms with Gasteiger partial charge >= 0.3 is 0 Å². The minimum atomic E-state index is -3.96. The first-order chi connectivity index (χ1) is 16.9. The van der Waals surface area contributed by atoms with Gasteiger partial charge in [-0.05, 0) is 49.5 Å². The van der Waals surface area contributed by atoms with Crippen molar-refractivity contribution in [2.24, 2.45) is 13.0 Å². The van der Waals surface area contributed by atoms with E-state index in [0.717, 1.165) is 30.4 Å². The van der Waals surface area contributed by atoms with Gasteiger partial charge in [0.2, 0.25) is 10.0 Å². The molecule has 1 aromatic heterocycles. The molecule has 1 aromatic carbocycles. The minimum absolute atomic E-state index is 0.00612.